The first-order valence-electron chi connectivity index (χ1n) is 5.98. The molecular weight excluding hydrogens is 220 g/mol. The van der Waals surface area contributed by atoms with E-state index in [0.29, 0.717) is 5.88 Å². The van der Waals surface area contributed by atoms with Crippen molar-refractivity contribution in [2.75, 3.05) is 18.5 Å². The Hall–Kier alpha value is -0.760. The van der Waals surface area contributed by atoms with Gasteiger partial charge >= 0.3 is 0 Å². The molecule has 0 unspecified atom stereocenters. The Morgan fingerprint density at radius 1 is 1.31 bits per heavy atom. The third kappa shape index (κ3) is 3.67. The van der Waals surface area contributed by atoms with Crippen LogP contribution >= 0.6 is 11.6 Å². The van der Waals surface area contributed by atoms with Crippen LogP contribution in [-0.2, 0) is 12.3 Å². The molecule has 0 spiro atoms. The number of anilines is 1. The van der Waals surface area contributed by atoms with Gasteiger partial charge in [-0.2, -0.15) is 0 Å². The Labute approximate surface area is 104 Å². The van der Waals surface area contributed by atoms with E-state index in [1.54, 1.807) is 0 Å². The summed E-state index contributed by atoms with van der Waals surface area (Å²) in [5.41, 5.74) is 2.28. The standard InChI is InChI=1S/C13H21ClN2/c1-4-6-7-16(3)13-9-11(10-14)8-12(5-2)15-13/h8-9H,4-7,10H2,1-3H3. The molecule has 0 saturated heterocycles. The molecule has 2 nitrogen and oxygen atoms in total. The second-order valence-electron chi connectivity index (χ2n) is 4.09. The Bertz CT molecular complexity index is 303. The zero-order valence-corrected chi connectivity index (χ0v) is 11.2. The molecule has 3 heteroatoms. The summed E-state index contributed by atoms with van der Waals surface area (Å²) < 4.78 is 0. The van der Waals surface area contributed by atoms with Crippen molar-refractivity contribution in [2.45, 2.75) is 39.0 Å². The summed E-state index contributed by atoms with van der Waals surface area (Å²) in [5.74, 6) is 1.60. The van der Waals surface area contributed by atoms with Crippen molar-refractivity contribution < 1.29 is 0 Å². The molecule has 0 amide bonds. The number of nitrogens with zero attached hydrogens (tertiary/aromatic N) is 2. The molecule has 0 aliphatic heterocycles. The molecule has 0 radical (unpaired) electrons. The molecule has 1 rings (SSSR count). The third-order valence-corrected chi connectivity index (χ3v) is 2.99. The number of hydrogen-bond acceptors (Lipinski definition) is 2. The van der Waals surface area contributed by atoms with E-state index in [0.717, 1.165) is 30.0 Å². The third-order valence-electron chi connectivity index (χ3n) is 2.68. The molecule has 90 valence electrons. The van der Waals surface area contributed by atoms with Gasteiger partial charge in [-0.25, -0.2) is 4.98 Å². The van der Waals surface area contributed by atoms with Crippen molar-refractivity contribution in [1.82, 2.24) is 4.98 Å². The number of aryl methyl sites for hydroxylation is 1. The number of rotatable bonds is 6. The molecule has 0 aliphatic rings. The van der Waals surface area contributed by atoms with Crippen molar-refractivity contribution in [1.29, 1.82) is 0 Å². The average Bonchev–Trinajstić information content (AvgIpc) is 2.35. The van der Waals surface area contributed by atoms with Crippen LogP contribution in [0.3, 0.4) is 0 Å². The van der Waals surface area contributed by atoms with Crippen molar-refractivity contribution in [3.63, 3.8) is 0 Å². The fourth-order valence-corrected chi connectivity index (χ4v) is 1.75. The smallest absolute Gasteiger partial charge is 0.128 e. The van der Waals surface area contributed by atoms with Gasteiger partial charge in [-0.15, -0.1) is 11.6 Å². The second kappa shape index (κ2) is 6.74. The zero-order chi connectivity index (χ0) is 12.0. The maximum Gasteiger partial charge on any atom is 0.128 e. The van der Waals surface area contributed by atoms with Crippen molar-refractivity contribution in [3.05, 3.63) is 23.4 Å². The van der Waals surface area contributed by atoms with Crippen LogP contribution in [0.5, 0.6) is 0 Å². The van der Waals surface area contributed by atoms with Crippen molar-refractivity contribution >= 4 is 17.4 Å². The highest BCUT2D eigenvalue weighted by Crippen LogP contribution is 2.16. The van der Waals surface area contributed by atoms with Gasteiger partial charge < -0.3 is 4.90 Å². The largest absolute Gasteiger partial charge is 0.360 e. The van der Waals surface area contributed by atoms with E-state index in [-0.39, 0.29) is 0 Å². The first-order valence-corrected chi connectivity index (χ1v) is 6.51. The Kier molecular flexibility index (Phi) is 5.61. The Morgan fingerprint density at radius 2 is 2.06 bits per heavy atom. The van der Waals surface area contributed by atoms with E-state index in [1.807, 2.05) is 0 Å². The molecule has 0 aromatic carbocycles. The highest BCUT2D eigenvalue weighted by atomic mass is 35.5. The number of alkyl halides is 1. The molecule has 0 aliphatic carbocycles. The normalized spacial score (nSPS) is 10.5. The van der Waals surface area contributed by atoms with Gasteiger partial charge in [-0.3, -0.25) is 0 Å². The van der Waals surface area contributed by atoms with Gasteiger partial charge in [0.15, 0.2) is 0 Å². The Morgan fingerprint density at radius 3 is 2.62 bits per heavy atom. The van der Waals surface area contributed by atoms with Crippen LogP contribution in [0.1, 0.15) is 37.9 Å². The minimum absolute atomic E-state index is 0.560. The van der Waals surface area contributed by atoms with Crippen LogP contribution < -0.4 is 4.90 Å². The SMILES string of the molecule is CCCCN(C)c1cc(CCl)cc(CC)n1. The predicted octanol–water partition coefficient (Wildman–Crippen LogP) is 3.62. The van der Waals surface area contributed by atoms with E-state index in [9.17, 15) is 0 Å². The van der Waals surface area contributed by atoms with Crippen LogP contribution in [0.15, 0.2) is 12.1 Å². The van der Waals surface area contributed by atoms with Crippen LogP contribution in [-0.4, -0.2) is 18.6 Å². The molecule has 1 heterocycles. The second-order valence-corrected chi connectivity index (χ2v) is 4.35. The lowest BCUT2D eigenvalue weighted by atomic mass is 10.2. The summed E-state index contributed by atoms with van der Waals surface area (Å²) in [4.78, 5) is 6.83. The minimum atomic E-state index is 0.560. The highest BCUT2D eigenvalue weighted by Gasteiger charge is 2.05. The van der Waals surface area contributed by atoms with E-state index >= 15 is 0 Å². The van der Waals surface area contributed by atoms with Crippen molar-refractivity contribution in [2.24, 2.45) is 0 Å². The first-order chi connectivity index (χ1) is 7.71. The van der Waals surface area contributed by atoms with Gasteiger partial charge in [0, 0.05) is 25.2 Å². The predicted molar refractivity (Wildman–Crippen MR) is 71.4 cm³/mol. The van der Waals surface area contributed by atoms with E-state index in [2.05, 4.69) is 42.9 Å². The van der Waals surface area contributed by atoms with Gasteiger partial charge in [0.05, 0.1) is 0 Å². The van der Waals surface area contributed by atoms with Gasteiger partial charge in [0.2, 0.25) is 0 Å². The molecule has 0 bridgehead atoms. The first kappa shape index (κ1) is 13.3. The van der Waals surface area contributed by atoms with Crippen molar-refractivity contribution in [3.8, 4) is 0 Å². The molecular formula is C13H21ClN2. The molecule has 0 saturated carbocycles. The van der Waals surface area contributed by atoms with Gasteiger partial charge in [0.1, 0.15) is 5.82 Å². The van der Waals surface area contributed by atoms with E-state index < -0.39 is 0 Å². The fraction of sp³-hybridized carbons (Fsp3) is 0.615. The highest BCUT2D eigenvalue weighted by molar-refractivity contribution is 6.17. The molecule has 1 aromatic heterocycles. The monoisotopic (exact) mass is 240 g/mol. The number of pyridine rings is 1. The maximum absolute atomic E-state index is 5.89. The minimum Gasteiger partial charge on any atom is -0.360 e. The van der Waals surface area contributed by atoms with Crippen LogP contribution in [0.4, 0.5) is 5.82 Å². The van der Waals surface area contributed by atoms with Gasteiger partial charge in [-0.05, 0) is 30.5 Å². The van der Waals surface area contributed by atoms with Gasteiger partial charge in [-0.1, -0.05) is 20.3 Å². The number of aromatic nitrogens is 1. The fourth-order valence-electron chi connectivity index (χ4n) is 1.60. The zero-order valence-electron chi connectivity index (χ0n) is 10.5. The molecule has 1 aromatic rings. The number of unbranched alkanes of at least 4 members (excludes halogenated alkanes) is 1. The lowest BCUT2D eigenvalue weighted by molar-refractivity contribution is 0.756. The van der Waals surface area contributed by atoms with E-state index in [1.165, 1.54) is 12.8 Å². The number of halogens is 1. The summed E-state index contributed by atoms with van der Waals surface area (Å²) in [5, 5.41) is 0. The molecule has 0 N–H and O–H groups in total. The summed E-state index contributed by atoms with van der Waals surface area (Å²) in [6.45, 7) is 5.38. The molecule has 16 heavy (non-hydrogen) atoms. The molecule has 0 atom stereocenters. The summed E-state index contributed by atoms with van der Waals surface area (Å²) >= 11 is 5.89. The summed E-state index contributed by atoms with van der Waals surface area (Å²) in [6.07, 6.45) is 3.37. The van der Waals surface area contributed by atoms with Crippen LogP contribution in [0, 0.1) is 0 Å². The van der Waals surface area contributed by atoms with Gasteiger partial charge in [0.25, 0.3) is 0 Å². The lowest BCUT2D eigenvalue weighted by Crippen LogP contribution is -2.20. The number of hydrogen-bond donors (Lipinski definition) is 0. The molecule has 0 fully saturated rings. The van der Waals surface area contributed by atoms with Crippen LogP contribution in [0.2, 0.25) is 0 Å². The topological polar surface area (TPSA) is 16.1 Å². The summed E-state index contributed by atoms with van der Waals surface area (Å²) in [7, 11) is 2.09. The Balaban J connectivity index is 2.85. The average molecular weight is 241 g/mol. The lowest BCUT2D eigenvalue weighted by Gasteiger charge is -2.19. The summed E-state index contributed by atoms with van der Waals surface area (Å²) in [6, 6.07) is 4.17. The van der Waals surface area contributed by atoms with E-state index in [4.69, 9.17) is 11.6 Å². The van der Waals surface area contributed by atoms with Crippen LogP contribution in [0.25, 0.3) is 0 Å². The quantitative estimate of drug-likeness (QED) is 0.706. The maximum atomic E-state index is 5.89.